The lowest BCUT2D eigenvalue weighted by Crippen LogP contribution is -2.12. The van der Waals surface area contributed by atoms with Crippen LogP contribution < -0.4 is 5.32 Å². The van der Waals surface area contributed by atoms with Crippen molar-refractivity contribution in [3.05, 3.63) is 47.0 Å². The first-order valence-electron chi connectivity index (χ1n) is 5.66. The highest BCUT2D eigenvalue weighted by molar-refractivity contribution is 7.80. The quantitative estimate of drug-likeness (QED) is 0.704. The zero-order valence-corrected chi connectivity index (χ0v) is 12.5. The number of carbonyl (C=O) groups is 1. The number of hydrogen-bond acceptors (Lipinski definition) is 5. The molecule has 7 heteroatoms. The van der Waals surface area contributed by atoms with Crippen molar-refractivity contribution < 1.29 is 4.79 Å². The van der Waals surface area contributed by atoms with Gasteiger partial charge < -0.3 is 5.32 Å². The van der Waals surface area contributed by atoms with Crippen molar-refractivity contribution in [3.63, 3.8) is 0 Å². The maximum atomic E-state index is 12.2. The van der Waals surface area contributed by atoms with Crippen molar-refractivity contribution in [2.45, 2.75) is 4.90 Å². The Labute approximate surface area is 129 Å². The highest BCUT2D eigenvalue weighted by atomic mass is 35.5. The van der Waals surface area contributed by atoms with E-state index in [0.29, 0.717) is 27.3 Å². The van der Waals surface area contributed by atoms with Crippen LogP contribution in [0.2, 0.25) is 5.02 Å². The normalized spacial score (nSPS) is 10.7. The van der Waals surface area contributed by atoms with Crippen molar-refractivity contribution in [2.24, 2.45) is 0 Å². The van der Waals surface area contributed by atoms with E-state index in [9.17, 15) is 4.79 Å². The highest BCUT2D eigenvalue weighted by Gasteiger charge is 2.14. The molecular formula is C13H8ClN3OS2. The van der Waals surface area contributed by atoms with Crippen LogP contribution in [0.3, 0.4) is 0 Å². The van der Waals surface area contributed by atoms with Crippen LogP contribution in [-0.2, 0) is 0 Å². The first-order chi connectivity index (χ1) is 9.65. The molecule has 3 rings (SSSR count). The average molecular weight is 322 g/mol. The van der Waals surface area contributed by atoms with Gasteiger partial charge in [0.15, 0.2) is 0 Å². The summed E-state index contributed by atoms with van der Waals surface area (Å²) in [4.78, 5) is 13.0. The maximum Gasteiger partial charge on any atom is 0.255 e. The second-order valence-electron chi connectivity index (χ2n) is 4.06. The van der Waals surface area contributed by atoms with Gasteiger partial charge in [-0.3, -0.25) is 4.79 Å². The number of aromatic nitrogens is 2. The summed E-state index contributed by atoms with van der Waals surface area (Å²) in [5.41, 5.74) is 2.29. The van der Waals surface area contributed by atoms with E-state index < -0.39 is 0 Å². The van der Waals surface area contributed by atoms with Crippen LogP contribution in [0.25, 0.3) is 11.0 Å². The van der Waals surface area contributed by atoms with E-state index in [0.717, 1.165) is 16.6 Å². The molecule has 0 bridgehead atoms. The van der Waals surface area contributed by atoms with E-state index in [1.165, 1.54) is 0 Å². The van der Waals surface area contributed by atoms with E-state index >= 15 is 0 Å². The van der Waals surface area contributed by atoms with Gasteiger partial charge in [-0.15, -0.1) is 12.6 Å². The lowest BCUT2D eigenvalue weighted by molar-refractivity contribution is 0.102. The number of nitrogens with one attached hydrogen (secondary N) is 1. The Hall–Kier alpha value is -1.63. The number of fused-ring (bicyclic) bond motifs is 1. The lowest BCUT2D eigenvalue weighted by Gasteiger charge is -2.08. The summed E-state index contributed by atoms with van der Waals surface area (Å²) < 4.78 is 8.28. The molecule has 0 unspecified atom stereocenters. The molecule has 100 valence electrons. The van der Waals surface area contributed by atoms with Crippen molar-refractivity contribution in [1.82, 2.24) is 8.75 Å². The Kier molecular flexibility index (Phi) is 3.60. The molecule has 1 N–H and O–H groups in total. The molecule has 4 nitrogen and oxygen atoms in total. The van der Waals surface area contributed by atoms with Crippen LogP contribution in [0.1, 0.15) is 10.4 Å². The summed E-state index contributed by atoms with van der Waals surface area (Å²) >= 11 is 11.4. The number of hydrogen-bond donors (Lipinski definition) is 2. The Morgan fingerprint density at radius 1 is 1.25 bits per heavy atom. The first kappa shape index (κ1) is 13.4. The van der Waals surface area contributed by atoms with Gasteiger partial charge in [0.1, 0.15) is 11.0 Å². The Morgan fingerprint density at radius 2 is 2.10 bits per heavy atom. The van der Waals surface area contributed by atoms with Crippen LogP contribution in [0, 0.1) is 0 Å². The lowest BCUT2D eigenvalue weighted by atomic mass is 10.2. The molecule has 0 atom stereocenters. The third-order valence-corrected chi connectivity index (χ3v) is 3.86. The summed E-state index contributed by atoms with van der Waals surface area (Å²) in [7, 11) is 0. The number of rotatable bonds is 2. The summed E-state index contributed by atoms with van der Waals surface area (Å²) in [6.07, 6.45) is 0. The van der Waals surface area contributed by atoms with Crippen LogP contribution in [0.5, 0.6) is 0 Å². The Balaban J connectivity index is 1.99. The van der Waals surface area contributed by atoms with E-state index in [2.05, 4.69) is 26.7 Å². The van der Waals surface area contributed by atoms with E-state index in [1.807, 2.05) is 0 Å². The molecule has 0 aliphatic rings. The number of amides is 1. The molecule has 0 saturated heterocycles. The van der Waals surface area contributed by atoms with Crippen molar-refractivity contribution in [1.29, 1.82) is 0 Å². The second-order valence-corrected chi connectivity index (χ2v) is 5.51. The number of nitrogens with zero attached hydrogens (tertiary/aromatic N) is 2. The van der Waals surface area contributed by atoms with E-state index in [-0.39, 0.29) is 5.91 Å². The number of carbonyl (C=O) groups excluding carboxylic acids is 1. The standard InChI is InChI=1S/C13H8ClN3OS2/c14-9-4-5-10-12(17-20-16-10)11(9)15-13(18)7-2-1-3-8(19)6-7/h1-6,19H,(H,15,18). The maximum absolute atomic E-state index is 12.2. The van der Waals surface area contributed by atoms with Gasteiger partial charge in [-0.1, -0.05) is 17.7 Å². The molecule has 1 aromatic heterocycles. The van der Waals surface area contributed by atoms with Crippen molar-refractivity contribution >= 4 is 58.6 Å². The fraction of sp³-hybridized carbons (Fsp3) is 0. The van der Waals surface area contributed by atoms with Crippen molar-refractivity contribution in [3.8, 4) is 0 Å². The summed E-state index contributed by atoms with van der Waals surface area (Å²) in [5.74, 6) is -0.261. The molecule has 0 spiro atoms. The third kappa shape index (κ3) is 2.49. The number of halogens is 1. The van der Waals surface area contributed by atoms with Gasteiger partial charge in [0.25, 0.3) is 5.91 Å². The van der Waals surface area contributed by atoms with Crippen LogP contribution in [-0.4, -0.2) is 14.7 Å². The van der Waals surface area contributed by atoms with Gasteiger partial charge in [0, 0.05) is 10.5 Å². The number of thiol groups is 1. The molecule has 20 heavy (non-hydrogen) atoms. The Morgan fingerprint density at radius 3 is 2.90 bits per heavy atom. The molecule has 0 saturated carbocycles. The number of anilines is 1. The minimum atomic E-state index is -0.261. The molecule has 3 aromatic rings. The second kappa shape index (κ2) is 5.40. The van der Waals surface area contributed by atoms with Gasteiger partial charge in [0.2, 0.25) is 0 Å². The van der Waals surface area contributed by atoms with Gasteiger partial charge >= 0.3 is 0 Å². The van der Waals surface area contributed by atoms with Gasteiger partial charge in [-0.2, -0.15) is 8.75 Å². The van der Waals surface area contributed by atoms with Gasteiger partial charge in [0.05, 0.1) is 22.4 Å². The number of benzene rings is 2. The largest absolute Gasteiger partial charge is 0.319 e. The van der Waals surface area contributed by atoms with Gasteiger partial charge in [-0.25, -0.2) is 0 Å². The molecule has 2 aromatic carbocycles. The molecule has 1 heterocycles. The fourth-order valence-electron chi connectivity index (χ4n) is 1.78. The SMILES string of the molecule is O=C(Nc1c(Cl)ccc2nsnc12)c1cccc(S)c1. The van der Waals surface area contributed by atoms with Crippen molar-refractivity contribution in [2.75, 3.05) is 5.32 Å². The zero-order chi connectivity index (χ0) is 14.1. The average Bonchev–Trinajstić information content (AvgIpc) is 2.90. The molecule has 1 amide bonds. The monoisotopic (exact) mass is 321 g/mol. The first-order valence-corrected chi connectivity index (χ1v) is 7.22. The minimum absolute atomic E-state index is 0.261. The summed E-state index contributed by atoms with van der Waals surface area (Å²) in [6.45, 7) is 0. The summed E-state index contributed by atoms with van der Waals surface area (Å²) in [5, 5.41) is 3.21. The Bertz CT molecular complexity index is 803. The molecule has 0 aliphatic heterocycles. The third-order valence-electron chi connectivity index (χ3n) is 2.72. The van der Waals surface area contributed by atoms with Crippen LogP contribution in [0.4, 0.5) is 5.69 Å². The molecule has 0 aliphatic carbocycles. The predicted molar refractivity (Wildman–Crippen MR) is 84.1 cm³/mol. The molecule has 0 fully saturated rings. The molecule has 0 radical (unpaired) electrons. The fourth-order valence-corrected chi connectivity index (χ4v) is 2.75. The van der Waals surface area contributed by atoms with Gasteiger partial charge in [-0.05, 0) is 30.3 Å². The predicted octanol–water partition coefficient (Wildman–Crippen LogP) is 3.89. The summed E-state index contributed by atoms with van der Waals surface area (Å²) in [6, 6.07) is 10.4. The van der Waals surface area contributed by atoms with E-state index in [1.54, 1.807) is 36.4 Å². The topological polar surface area (TPSA) is 54.9 Å². The highest BCUT2D eigenvalue weighted by Crippen LogP contribution is 2.30. The smallest absolute Gasteiger partial charge is 0.255 e. The molecular weight excluding hydrogens is 314 g/mol. The zero-order valence-electron chi connectivity index (χ0n) is 10.0. The minimum Gasteiger partial charge on any atom is -0.319 e. The van der Waals surface area contributed by atoms with Crippen LogP contribution in [0.15, 0.2) is 41.3 Å². The van der Waals surface area contributed by atoms with Crippen LogP contribution >= 0.6 is 36.0 Å². The van der Waals surface area contributed by atoms with E-state index in [4.69, 9.17) is 11.6 Å².